The van der Waals surface area contributed by atoms with Crippen LogP contribution < -0.4 is 5.32 Å². The summed E-state index contributed by atoms with van der Waals surface area (Å²) in [4.78, 5) is 18.4. The highest BCUT2D eigenvalue weighted by atomic mass is 35.5. The number of hydrogen-bond acceptors (Lipinski definition) is 6. The number of rotatable bonds is 3. The number of amides is 1. The fourth-order valence-electron chi connectivity index (χ4n) is 3.07. The van der Waals surface area contributed by atoms with Crippen LogP contribution >= 0.6 is 11.6 Å². The molecular weight excluding hydrogens is 306 g/mol. The molecule has 0 spiro atoms. The number of aryl methyl sites for hydroxylation is 1. The number of hydrogen-bond donors (Lipinski definition) is 2. The van der Waals surface area contributed by atoms with Gasteiger partial charge < -0.3 is 15.3 Å². The van der Waals surface area contributed by atoms with Crippen molar-refractivity contribution in [1.82, 2.24) is 20.1 Å². The molecule has 0 radical (unpaired) electrons. The Morgan fingerprint density at radius 1 is 1.36 bits per heavy atom. The van der Waals surface area contributed by atoms with Crippen LogP contribution in [0.2, 0.25) is 5.15 Å². The number of likely N-dealkylation sites (tertiary alicyclic amines) is 1. The number of carbonyl (C=O) groups is 1. The van der Waals surface area contributed by atoms with Crippen LogP contribution in [0.1, 0.15) is 31.4 Å². The van der Waals surface area contributed by atoms with E-state index in [4.69, 9.17) is 11.6 Å². The number of anilines is 1. The molecule has 0 aromatic carbocycles. The van der Waals surface area contributed by atoms with Gasteiger partial charge in [0.1, 0.15) is 0 Å². The summed E-state index contributed by atoms with van der Waals surface area (Å²) in [6, 6.07) is 0.163. The number of halogens is 1. The molecule has 2 heterocycles. The average Bonchev–Trinajstić information content (AvgIpc) is 2.47. The topological polar surface area (TPSA) is 91.2 Å². The molecule has 0 bridgehead atoms. The molecule has 7 nitrogen and oxygen atoms in total. The molecule has 120 valence electrons. The van der Waals surface area contributed by atoms with Crippen molar-refractivity contribution in [1.29, 1.82) is 0 Å². The average molecular weight is 326 g/mol. The van der Waals surface area contributed by atoms with Gasteiger partial charge in [-0.1, -0.05) is 18.0 Å². The van der Waals surface area contributed by atoms with Crippen LogP contribution in [0, 0.1) is 12.8 Å². The van der Waals surface area contributed by atoms with E-state index in [0.29, 0.717) is 29.9 Å². The molecule has 1 saturated heterocycles. The first-order valence-electron chi connectivity index (χ1n) is 7.63. The highest BCUT2D eigenvalue weighted by molar-refractivity contribution is 6.29. The fourth-order valence-corrected chi connectivity index (χ4v) is 3.15. The van der Waals surface area contributed by atoms with Gasteiger partial charge in [-0.05, 0) is 26.2 Å². The van der Waals surface area contributed by atoms with Crippen molar-refractivity contribution in [3.8, 4) is 0 Å². The normalized spacial score (nSPS) is 25.7. The Labute approximate surface area is 134 Å². The lowest BCUT2D eigenvalue weighted by Gasteiger charge is -2.40. The second kappa shape index (κ2) is 6.34. The van der Waals surface area contributed by atoms with Gasteiger partial charge in [0.15, 0.2) is 5.15 Å². The highest BCUT2D eigenvalue weighted by Gasteiger charge is 2.35. The summed E-state index contributed by atoms with van der Waals surface area (Å²) in [5, 5.41) is 20.7. The maximum atomic E-state index is 12.3. The standard InChI is InChI=1S/C14H20ClN5O2/c1-8-12(15)18-19-14(16-8)17-10-4-2-3-9(5-10)13(22)20-6-11(21)7-20/h9-11,21H,2-7H2,1H3,(H,16,17,19)/t9-,10+/m0/s1. The quantitative estimate of drug-likeness (QED) is 0.861. The Hall–Kier alpha value is -1.47. The van der Waals surface area contributed by atoms with Gasteiger partial charge in [-0.2, -0.15) is 0 Å². The molecule has 1 aliphatic heterocycles. The summed E-state index contributed by atoms with van der Waals surface area (Å²) in [6.07, 6.45) is 3.29. The number of aliphatic hydroxyl groups excluding tert-OH is 1. The summed E-state index contributed by atoms with van der Waals surface area (Å²) in [7, 11) is 0. The zero-order valence-electron chi connectivity index (χ0n) is 12.5. The van der Waals surface area contributed by atoms with Crippen molar-refractivity contribution in [3.05, 3.63) is 10.8 Å². The summed E-state index contributed by atoms with van der Waals surface area (Å²) in [5.41, 5.74) is 0.636. The predicted molar refractivity (Wildman–Crippen MR) is 81.5 cm³/mol. The zero-order valence-corrected chi connectivity index (χ0v) is 13.3. The molecule has 2 fully saturated rings. The van der Waals surface area contributed by atoms with E-state index in [2.05, 4.69) is 20.5 Å². The first-order valence-corrected chi connectivity index (χ1v) is 8.01. The van der Waals surface area contributed by atoms with E-state index in [1.165, 1.54) is 0 Å². The minimum absolute atomic E-state index is 0.0140. The molecule has 22 heavy (non-hydrogen) atoms. The van der Waals surface area contributed by atoms with Gasteiger partial charge in [0, 0.05) is 25.0 Å². The van der Waals surface area contributed by atoms with E-state index in [9.17, 15) is 9.90 Å². The summed E-state index contributed by atoms with van der Waals surface area (Å²) < 4.78 is 0. The maximum Gasteiger partial charge on any atom is 0.243 e. The third-order valence-electron chi connectivity index (χ3n) is 4.34. The molecule has 2 atom stereocenters. The van der Waals surface area contributed by atoms with E-state index >= 15 is 0 Å². The molecule has 1 aromatic heterocycles. The van der Waals surface area contributed by atoms with Gasteiger partial charge >= 0.3 is 0 Å². The lowest BCUT2D eigenvalue weighted by Crippen LogP contribution is -2.55. The van der Waals surface area contributed by atoms with E-state index in [1.54, 1.807) is 11.8 Å². The smallest absolute Gasteiger partial charge is 0.243 e. The second-order valence-corrected chi connectivity index (χ2v) is 6.47. The molecule has 3 rings (SSSR count). The number of nitrogens with one attached hydrogen (secondary N) is 1. The molecule has 1 aliphatic carbocycles. The Morgan fingerprint density at radius 2 is 2.14 bits per heavy atom. The summed E-state index contributed by atoms with van der Waals surface area (Å²) >= 11 is 5.82. The minimum atomic E-state index is -0.349. The predicted octanol–water partition coefficient (Wildman–Crippen LogP) is 1.01. The van der Waals surface area contributed by atoms with Gasteiger partial charge in [0.2, 0.25) is 11.9 Å². The van der Waals surface area contributed by atoms with Crippen molar-refractivity contribution in [2.45, 2.75) is 44.8 Å². The van der Waals surface area contributed by atoms with Crippen LogP contribution in [0.4, 0.5) is 5.95 Å². The molecule has 0 unspecified atom stereocenters. The van der Waals surface area contributed by atoms with Gasteiger partial charge in [-0.15, -0.1) is 10.2 Å². The third-order valence-corrected chi connectivity index (χ3v) is 4.68. The summed E-state index contributed by atoms with van der Waals surface area (Å²) in [5.74, 6) is 0.627. The third kappa shape index (κ3) is 3.30. The van der Waals surface area contributed by atoms with E-state index in [-0.39, 0.29) is 24.0 Å². The van der Waals surface area contributed by atoms with E-state index in [1.807, 2.05) is 0 Å². The molecule has 1 saturated carbocycles. The first-order chi connectivity index (χ1) is 10.5. The van der Waals surface area contributed by atoms with Gasteiger partial charge in [-0.3, -0.25) is 4.79 Å². The lowest BCUT2D eigenvalue weighted by atomic mass is 9.84. The lowest BCUT2D eigenvalue weighted by molar-refractivity contribution is -0.146. The van der Waals surface area contributed by atoms with Crippen molar-refractivity contribution < 1.29 is 9.90 Å². The van der Waals surface area contributed by atoms with Gasteiger partial charge in [0.05, 0.1) is 11.8 Å². The molecule has 8 heteroatoms. The number of β-amino-alcohol motifs (C(OH)–C–C–N with tert-alkyl or cyclic N) is 1. The molecule has 1 aromatic rings. The van der Waals surface area contributed by atoms with Crippen LogP contribution in [0.5, 0.6) is 0 Å². The maximum absolute atomic E-state index is 12.3. The highest BCUT2D eigenvalue weighted by Crippen LogP contribution is 2.29. The Morgan fingerprint density at radius 3 is 2.82 bits per heavy atom. The Balaban J connectivity index is 1.58. The van der Waals surface area contributed by atoms with E-state index in [0.717, 1.165) is 25.7 Å². The van der Waals surface area contributed by atoms with Crippen LogP contribution in [0.25, 0.3) is 0 Å². The first kappa shape index (κ1) is 15.4. The number of aromatic nitrogens is 3. The van der Waals surface area contributed by atoms with Crippen molar-refractivity contribution in [3.63, 3.8) is 0 Å². The summed E-state index contributed by atoms with van der Waals surface area (Å²) in [6.45, 7) is 2.72. The molecule has 2 N–H and O–H groups in total. The zero-order chi connectivity index (χ0) is 15.7. The van der Waals surface area contributed by atoms with E-state index < -0.39 is 0 Å². The SMILES string of the molecule is Cc1nc(N[C@@H]2CCC[C@H](C(=O)N3CC(O)C3)C2)nnc1Cl. The van der Waals surface area contributed by atoms with Crippen LogP contribution in [-0.4, -0.2) is 56.3 Å². The number of aliphatic hydroxyl groups is 1. The number of nitrogens with zero attached hydrogens (tertiary/aromatic N) is 4. The molecule has 2 aliphatic rings. The monoisotopic (exact) mass is 325 g/mol. The van der Waals surface area contributed by atoms with Crippen LogP contribution in [0.15, 0.2) is 0 Å². The van der Waals surface area contributed by atoms with Crippen molar-refractivity contribution in [2.75, 3.05) is 18.4 Å². The molecular formula is C14H20ClN5O2. The second-order valence-electron chi connectivity index (χ2n) is 6.11. The minimum Gasteiger partial charge on any atom is -0.389 e. The van der Waals surface area contributed by atoms with Crippen LogP contribution in [-0.2, 0) is 4.79 Å². The largest absolute Gasteiger partial charge is 0.389 e. The Kier molecular flexibility index (Phi) is 4.44. The van der Waals surface area contributed by atoms with Crippen molar-refractivity contribution in [2.24, 2.45) is 5.92 Å². The molecule has 1 amide bonds. The van der Waals surface area contributed by atoms with Crippen LogP contribution in [0.3, 0.4) is 0 Å². The van der Waals surface area contributed by atoms with Gasteiger partial charge in [-0.25, -0.2) is 4.98 Å². The number of carbonyl (C=O) groups excluding carboxylic acids is 1. The fraction of sp³-hybridized carbons (Fsp3) is 0.714. The Bertz CT molecular complexity index is 564. The van der Waals surface area contributed by atoms with Crippen molar-refractivity contribution >= 4 is 23.5 Å². The van der Waals surface area contributed by atoms with Gasteiger partial charge in [0.25, 0.3) is 0 Å².